The van der Waals surface area contributed by atoms with Gasteiger partial charge in [-0.3, -0.25) is 9.10 Å². The molecule has 0 bridgehead atoms. The molecule has 0 fully saturated rings. The van der Waals surface area contributed by atoms with Crippen molar-refractivity contribution in [3.05, 3.63) is 97.9 Å². The summed E-state index contributed by atoms with van der Waals surface area (Å²) in [6.07, 6.45) is 1.09. The minimum atomic E-state index is -4.08. The molecule has 0 spiro atoms. The molecule has 7 nitrogen and oxygen atoms in total. The molecule has 0 saturated heterocycles. The number of para-hydroxylation sites is 1. The number of sulfonamides is 1. The van der Waals surface area contributed by atoms with Crippen molar-refractivity contribution in [2.45, 2.75) is 17.7 Å². The quantitative estimate of drug-likeness (QED) is 0.480. The molecular formula is C23H17ClFN3O4S. The SMILES string of the molecule is O=c1[nH]c2ccccc2c(=O)n1-c1cc(S(=O)(=O)N2CCCc3cc(F)ccc32)ccc1Cl. The van der Waals surface area contributed by atoms with Crippen LogP contribution in [0.15, 0.2) is 75.1 Å². The van der Waals surface area contributed by atoms with Gasteiger partial charge in [0.15, 0.2) is 0 Å². The van der Waals surface area contributed by atoms with Crippen LogP contribution in [0.4, 0.5) is 10.1 Å². The Morgan fingerprint density at radius 3 is 2.58 bits per heavy atom. The fourth-order valence-electron chi connectivity index (χ4n) is 4.11. The van der Waals surface area contributed by atoms with Gasteiger partial charge in [0, 0.05) is 6.54 Å². The Labute approximate surface area is 192 Å². The van der Waals surface area contributed by atoms with Gasteiger partial charge >= 0.3 is 5.69 Å². The minimum absolute atomic E-state index is 0.0398. The molecule has 3 aromatic carbocycles. The van der Waals surface area contributed by atoms with Gasteiger partial charge in [0.05, 0.1) is 32.2 Å². The van der Waals surface area contributed by atoms with Crippen LogP contribution >= 0.6 is 11.6 Å². The molecule has 5 rings (SSSR count). The van der Waals surface area contributed by atoms with Crippen LogP contribution in [0.5, 0.6) is 0 Å². The van der Waals surface area contributed by atoms with E-state index in [0.717, 1.165) is 4.57 Å². The van der Waals surface area contributed by atoms with E-state index in [2.05, 4.69) is 4.98 Å². The van der Waals surface area contributed by atoms with Gasteiger partial charge < -0.3 is 4.98 Å². The van der Waals surface area contributed by atoms with Crippen molar-refractivity contribution < 1.29 is 12.8 Å². The zero-order valence-electron chi connectivity index (χ0n) is 17.1. The lowest BCUT2D eigenvalue weighted by Crippen LogP contribution is -2.36. The molecule has 0 saturated carbocycles. The van der Waals surface area contributed by atoms with Crippen molar-refractivity contribution in [3.8, 4) is 5.69 Å². The van der Waals surface area contributed by atoms with Crippen LogP contribution in [-0.4, -0.2) is 24.5 Å². The lowest BCUT2D eigenvalue weighted by atomic mass is 10.0. The van der Waals surface area contributed by atoms with Gasteiger partial charge in [-0.25, -0.2) is 22.2 Å². The van der Waals surface area contributed by atoms with E-state index >= 15 is 0 Å². The Hall–Kier alpha value is -3.43. The van der Waals surface area contributed by atoms with Crippen LogP contribution in [0.3, 0.4) is 0 Å². The van der Waals surface area contributed by atoms with E-state index in [4.69, 9.17) is 11.6 Å². The molecule has 0 atom stereocenters. The zero-order chi connectivity index (χ0) is 23.3. The molecular weight excluding hydrogens is 469 g/mol. The highest BCUT2D eigenvalue weighted by atomic mass is 35.5. The van der Waals surface area contributed by atoms with Crippen LogP contribution in [0.25, 0.3) is 16.6 Å². The fraction of sp³-hybridized carbons (Fsp3) is 0.130. The molecule has 0 aliphatic carbocycles. The number of hydrogen-bond donors (Lipinski definition) is 1. The molecule has 0 radical (unpaired) electrons. The molecule has 1 aliphatic rings. The van der Waals surface area contributed by atoms with E-state index in [-0.39, 0.29) is 27.5 Å². The smallest absolute Gasteiger partial charge is 0.306 e. The molecule has 168 valence electrons. The largest absolute Gasteiger partial charge is 0.333 e. The topological polar surface area (TPSA) is 92.2 Å². The number of fused-ring (bicyclic) bond motifs is 2. The van der Waals surface area contributed by atoms with Crippen LogP contribution in [0, 0.1) is 5.82 Å². The average Bonchev–Trinajstić information content (AvgIpc) is 2.79. The van der Waals surface area contributed by atoms with E-state index in [1.54, 1.807) is 24.3 Å². The number of anilines is 1. The second-order valence-electron chi connectivity index (χ2n) is 7.68. The van der Waals surface area contributed by atoms with E-state index in [1.807, 2.05) is 0 Å². The lowest BCUT2D eigenvalue weighted by Gasteiger charge is -2.30. The highest BCUT2D eigenvalue weighted by Gasteiger charge is 2.30. The minimum Gasteiger partial charge on any atom is -0.306 e. The normalized spacial score (nSPS) is 13.8. The zero-order valence-corrected chi connectivity index (χ0v) is 18.7. The van der Waals surface area contributed by atoms with Gasteiger partial charge in [0.2, 0.25) is 0 Å². The second kappa shape index (κ2) is 7.86. The van der Waals surface area contributed by atoms with E-state index in [9.17, 15) is 22.4 Å². The maximum Gasteiger partial charge on any atom is 0.333 e. The molecule has 0 unspecified atom stereocenters. The molecule has 33 heavy (non-hydrogen) atoms. The van der Waals surface area contributed by atoms with Crippen LogP contribution in [-0.2, 0) is 16.4 Å². The number of aryl methyl sites for hydroxylation is 1. The number of hydrogen-bond acceptors (Lipinski definition) is 4. The summed E-state index contributed by atoms with van der Waals surface area (Å²) in [5.74, 6) is -0.434. The summed E-state index contributed by atoms with van der Waals surface area (Å²) in [6.45, 7) is 0.218. The summed E-state index contributed by atoms with van der Waals surface area (Å²) >= 11 is 6.30. The summed E-state index contributed by atoms with van der Waals surface area (Å²) in [6, 6.07) is 14.4. The van der Waals surface area contributed by atoms with E-state index in [1.165, 1.54) is 40.7 Å². The number of aromatic amines is 1. The molecule has 10 heteroatoms. The number of nitrogens with zero attached hydrogens (tertiary/aromatic N) is 2. The third-order valence-corrected chi connectivity index (χ3v) is 7.80. The first-order valence-corrected chi connectivity index (χ1v) is 11.9. The van der Waals surface area contributed by atoms with Crippen molar-refractivity contribution in [1.82, 2.24) is 9.55 Å². The maximum atomic E-state index is 13.7. The number of halogens is 2. The van der Waals surface area contributed by atoms with Crippen LogP contribution in [0.2, 0.25) is 5.02 Å². The van der Waals surface area contributed by atoms with Crippen molar-refractivity contribution in [2.24, 2.45) is 0 Å². The first-order valence-electron chi connectivity index (χ1n) is 10.1. The van der Waals surface area contributed by atoms with Crippen molar-refractivity contribution in [3.63, 3.8) is 0 Å². The number of H-pyrrole nitrogens is 1. The average molecular weight is 486 g/mol. The highest BCUT2D eigenvalue weighted by Crippen LogP contribution is 2.33. The number of benzene rings is 3. The lowest BCUT2D eigenvalue weighted by molar-refractivity contribution is 0.585. The number of rotatable bonds is 3. The van der Waals surface area contributed by atoms with Gasteiger partial charge in [0.1, 0.15) is 5.82 Å². The molecule has 1 aromatic heterocycles. The Bertz CT molecular complexity index is 1650. The highest BCUT2D eigenvalue weighted by molar-refractivity contribution is 7.92. The van der Waals surface area contributed by atoms with Crippen molar-refractivity contribution >= 4 is 38.2 Å². The van der Waals surface area contributed by atoms with Crippen molar-refractivity contribution in [1.29, 1.82) is 0 Å². The van der Waals surface area contributed by atoms with Crippen LogP contribution < -0.4 is 15.6 Å². The van der Waals surface area contributed by atoms with Gasteiger partial charge in [-0.2, -0.15) is 0 Å². The van der Waals surface area contributed by atoms with Crippen molar-refractivity contribution in [2.75, 3.05) is 10.8 Å². The molecule has 0 amide bonds. The summed E-state index contributed by atoms with van der Waals surface area (Å²) in [4.78, 5) is 28.2. The second-order valence-corrected chi connectivity index (χ2v) is 9.95. The first-order chi connectivity index (χ1) is 15.8. The van der Waals surface area contributed by atoms with E-state index < -0.39 is 27.1 Å². The third-order valence-electron chi connectivity index (χ3n) is 5.67. The molecule has 1 N–H and O–H groups in total. The predicted octanol–water partition coefficient (Wildman–Crippen LogP) is 3.61. The Balaban J connectivity index is 1.68. The Morgan fingerprint density at radius 1 is 0.970 bits per heavy atom. The Morgan fingerprint density at radius 2 is 1.76 bits per heavy atom. The van der Waals surface area contributed by atoms with E-state index in [0.29, 0.717) is 29.6 Å². The number of aromatic nitrogens is 2. The summed E-state index contributed by atoms with van der Waals surface area (Å²) in [5.41, 5.74) is -0.0495. The van der Waals surface area contributed by atoms with Gasteiger partial charge in [-0.1, -0.05) is 23.7 Å². The van der Waals surface area contributed by atoms with Crippen LogP contribution in [0.1, 0.15) is 12.0 Å². The number of nitrogens with one attached hydrogen (secondary N) is 1. The molecule has 4 aromatic rings. The summed E-state index contributed by atoms with van der Waals surface area (Å²) in [7, 11) is -4.08. The van der Waals surface area contributed by atoms with Gasteiger partial charge in [0.25, 0.3) is 15.6 Å². The molecule has 1 aliphatic heterocycles. The summed E-state index contributed by atoms with van der Waals surface area (Å²) < 4.78 is 42.8. The van der Waals surface area contributed by atoms with Gasteiger partial charge in [-0.15, -0.1) is 0 Å². The Kier molecular flexibility index (Phi) is 5.10. The fourth-order valence-corrected chi connectivity index (χ4v) is 5.88. The maximum absolute atomic E-state index is 13.7. The first kappa shape index (κ1) is 21.4. The van der Waals surface area contributed by atoms with Gasteiger partial charge in [-0.05, 0) is 66.9 Å². The third kappa shape index (κ3) is 3.53. The molecule has 2 heterocycles. The standard InChI is InChI=1S/C23H17ClFN3O4S/c24-18-9-8-16(33(31,32)27-11-3-4-14-12-15(25)7-10-20(14)27)13-21(18)28-22(29)17-5-1-2-6-19(17)26-23(28)30/h1-2,5-10,12-13H,3-4,11H2,(H,26,30). The monoisotopic (exact) mass is 485 g/mol. The summed E-state index contributed by atoms with van der Waals surface area (Å²) in [5, 5.41) is 0.298. The predicted molar refractivity (Wildman–Crippen MR) is 124 cm³/mol.